The molecule has 0 fully saturated rings. The van der Waals surface area contributed by atoms with Crippen LogP contribution in [0.5, 0.6) is 0 Å². The molecule has 5 nitrogen and oxygen atoms in total. The van der Waals surface area contributed by atoms with Crippen molar-refractivity contribution in [2.45, 2.75) is 31.9 Å². The molecule has 0 aromatic carbocycles. The smallest absolute Gasteiger partial charge is 0.140 e. The Bertz CT molecular complexity index is 475. The van der Waals surface area contributed by atoms with Gasteiger partial charge in [-0.1, -0.05) is 0 Å². The minimum atomic E-state index is -0.270. The van der Waals surface area contributed by atoms with Crippen LogP contribution < -0.4 is 0 Å². The van der Waals surface area contributed by atoms with Gasteiger partial charge in [-0.2, -0.15) is 0 Å². The quantitative estimate of drug-likeness (QED) is 0.810. The van der Waals surface area contributed by atoms with Gasteiger partial charge in [-0.15, -0.1) is 10.2 Å². The lowest BCUT2D eigenvalue weighted by Crippen LogP contribution is -2.24. The Morgan fingerprint density at radius 3 is 3.25 bits per heavy atom. The molecule has 0 saturated heterocycles. The van der Waals surface area contributed by atoms with Crippen molar-refractivity contribution >= 4 is 0 Å². The normalized spacial score (nSPS) is 19.7. The number of fused-ring (bicyclic) bond motifs is 1. The second-order valence-electron chi connectivity index (χ2n) is 4.09. The van der Waals surface area contributed by atoms with Gasteiger partial charge in [0.1, 0.15) is 17.4 Å². The molecule has 1 aliphatic heterocycles. The lowest BCUT2D eigenvalue weighted by molar-refractivity contribution is 0.141. The van der Waals surface area contributed by atoms with E-state index >= 15 is 0 Å². The second kappa shape index (κ2) is 3.75. The molecule has 1 aliphatic rings. The van der Waals surface area contributed by atoms with Crippen molar-refractivity contribution in [3.8, 4) is 0 Å². The molecule has 0 aliphatic carbocycles. The van der Waals surface area contributed by atoms with Crippen LogP contribution in [-0.4, -0.2) is 26.0 Å². The van der Waals surface area contributed by atoms with Crippen LogP contribution in [0, 0.1) is 0 Å². The van der Waals surface area contributed by atoms with E-state index in [0.29, 0.717) is 12.8 Å². The molecule has 3 heterocycles. The molecule has 1 N–H and O–H groups in total. The Hall–Kier alpha value is -1.62. The number of aliphatic hydroxyl groups excluding tert-OH is 1. The summed E-state index contributed by atoms with van der Waals surface area (Å²) in [4.78, 5) is 0. The van der Waals surface area contributed by atoms with Crippen LogP contribution >= 0.6 is 0 Å². The Balaban J connectivity index is 1.86. The number of nitrogens with zero attached hydrogens (tertiary/aromatic N) is 3. The van der Waals surface area contributed by atoms with Gasteiger partial charge in [-0.05, 0) is 18.6 Å². The summed E-state index contributed by atoms with van der Waals surface area (Å²) in [5, 5.41) is 17.8. The first-order valence-corrected chi connectivity index (χ1v) is 5.44. The van der Waals surface area contributed by atoms with Crippen LogP contribution in [0.25, 0.3) is 0 Å². The third kappa shape index (κ3) is 1.63. The Kier molecular flexibility index (Phi) is 2.25. The fourth-order valence-corrected chi connectivity index (χ4v) is 2.07. The van der Waals surface area contributed by atoms with Crippen molar-refractivity contribution in [3.63, 3.8) is 0 Å². The van der Waals surface area contributed by atoms with Gasteiger partial charge in [0, 0.05) is 13.0 Å². The first kappa shape index (κ1) is 9.59. The first-order chi connectivity index (χ1) is 7.83. The zero-order valence-corrected chi connectivity index (χ0v) is 8.83. The highest BCUT2D eigenvalue weighted by Gasteiger charge is 2.21. The van der Waals surface area contributed by atoms with Gasteiger partial charge in [0.05, 0.1) is 18.8 Å². The van der Waals surface area contributed by atoms with Gasteiger partial charge in [0.25, 0.3) is 0 Å². The number of hydrogen-bond acceptors (Lipinski definition) is 4. The van der Waals surface area contributed by atoms with E-state index in [4.69, 9.17) is 4.42 Å². The Labute approximate surface area is 92.7 Å². The van der Waals surface area contributed by atoms with E-state index in [0.717, 1.165) is 30.4 Å². The molecule has 5 heteroatoms. The van der Waals surface area contributed by atoms with E-state index in [-0.39, 0.29) is 6.10 Å². The van der Waals surface area contributed by atoms with Crippen LogP contribution in [0.15, 0.2) is 22.8 Å². The van der Waals surface area contributed by atoms with Gasteiger partial charge in [-0.3, -0.25) is 0 Å². The highest BCUT2D eigenvalue weighted by molar-refractivity contribution is 5.09. The minimum absolute atomic E-state index is 0.270. The van der Waals surface area contributed by atoms with Crippen LogP contribution in [-0.2, 0) is 19.4 Å². The van der Waals surface area contributed by atoms with Crippen LogP contribution in [0.4, 0.5) is 0 Å². The number of aromatic nitrogens is 3. The van der Waals surface area contributed by atoms with Crippen molar-refractivity contribution in [2.75, 3.05) is 0 Å². The average molecular weight is 219 g/mol. The highest BCUT2D eigenvalue weighted by Crippen LogP contribution is 2.17. The maximum atomic E-state index is 9.52. The van der Waals surface area contributed by atoms with Gasteiger partial charge in [0.2, 0.25) is 0 Å². The predicted molar refractivity (Wildman–Crippen MR) is 55.9 cm³/mol. The summed E-state index contributed by atoms with van der Waals surface area (Å²) < 4.78 is 7.37. The summed E-state index contributed by atoms with van der Waals surface area (Å²) in [6, 6.07) is 3.80. The summed E-state index contributed by atoms with van der Waals surface area (Å²) in [5.74, 6) is 2.68. The molecule has 0 spiro atoms. The molecular weight excluding hydrogens is 206 g/mol. The summed E-state index contributed by atoms with van der Waals surface area (Å²) in [7, 11) is 0. The first-order valence-electron chi connectivity index (χ1n) is 5.44. The molecular formula is C11H13N3O2. The summed E-state index contributed by atoms with van der Waals surface area (Å²) in [6.45, 7) is 0.791. The number of furan rings is 1. The third-order valence-electron chi connectivity index (χ3n) is 2.92. The van der Waals surface area contributed by atoms with Gasteiger partial charge >= 0.3 is 0 Å². The van der Waals surface area contributed by atoms with Crippen molar-refractivity contribution < 1.29 is 9.52 Å². The molecule has 1 unspecified atom stereocenters. The standard InChI is InChI=1S/C11H13N3O2/c15-8-3-4-14-10(6-8)12-13-11(14)7-9-2-1-5-16-9/h1-2,5,8,15H,3-4,6-7H2. The van der Waals surface area contributed by atoms with Gasteiger partial charge in [-0.25, -0.2) is 0 Å². The topological polar surface area (TPSA) is 64.1 Å². The van der Waals surface area contributed by atoms with Crippen molar-refractivity contribution in [1.82, 2.24) is 14.8 Å². The molecule has 0 bridgehead atoms. The van der Waals surface area contributed by atoms with Gasteiger partial charge in [0.15, 0.2) is 0 Å². The average Bonchev–Trinajstić information content (AvgIpc) is 2.89. The summed E-state index contributed by atoms with van der Waals surface area (Å²) in [6.07, 6.45) is 3.43. The summed E-state index contributed by atoms with van der Waals surface area (Å²) in [5.41, 5.74) is 0. The second-order valence-corrected chi connectivity index (χ2v) is 4.09. The van der Waals surface area contributed by atoms with Crippen LogP contribution in [0.3, 0.4) is 0 Å². The maximum absolute atomic E-state index is 9.52. The Morgan fingerprint density at radius 2 is 2.44 bits per heavy atom. The molecule has 16 heavy (non-hydrogen) atoms. The molecule has 1 atom stereocenters. The third-order valence-corrected chi connectivity index (χ3v) is 2.92. The molecule has 0 radical (unpaired) electrons. The van der Waals surface area contributed by atoms with Gasteiger partial charge < -0.3 is 14.1 Å². The zero-order valence-electron chi connectivity index (χ0n) is 8.83. The molecule has 3 rings (SSSR count). The predicted octanol–water partition coefficient (Wildman–Crippen LogP) is 0.769. The van der Waals surface area contributed by atoms with Crippen molar-refractivity contribution in [1.29, 1.82) is 0 Å². The van der Waals surface area contributed by atoms with E-state index in [1.807, 2.05) is 12.1 Å². The highest BCUT2D eigenvalue weighted by atomic mass is 16.3. The van der Waals surface area contributed by atoms with E-state index in [9.17, 15) is 5.11 Å². The maximum Gasteiger partial charge on any atom is 0.140 e. The van der Waals surface area contributed by atoms with Crippen molar-refractivity contribution in [3.05, 3.63) is 35.8 Å². The lowest BCUT2D eigenvalue weighted by Gasteiger charge is -2.19. The fraction of sp³-hybridized carbons (Fsp3) is 0.455. The lowest BCUT2D eigenvalue weighted by atomic mass is 10.1. The molecule has 84 valence electrons. The number of aliphatic hydroxyl groups is 1. The van der Waals surface area contributed by atoms with Crippen LogP contribution in [0.1, 0.15) is 23.8 Å². The van der Waals surface area contributed by atoms with E-state index in [2.05, 4.69) is 14.8 Å². The summed E-state index contributed by atoms with van der Waals surface area (Å²) >= 11 is 0. The molecule has 2 aromatic heterocycles. The largest absolute Gasteiger partial charge is 0.469 e. The van der Waals surface area contributed by atoms with Crippen molar-refractivity contribution in [2.24, 2.45) is 0 Å². The SMILES string of the molecule is OC1CCn2c(Cc3ccco3)nnc2C1. The van der Waals surface area contributed by atoms with Crippen LogP contribution in [0.2, 0.25) is 0 Å². The fourth-order valence-electron chi connectivity index (χ4n) is 2.07. The van der Waals surface area contributed by atoms with E-state index in [1.54, 1.807) is 6.26 Å². The molecule has 0 amide bonds. The number of hydrogen-bond donors (Lipinski definition) is 1. The molecule has 2 aromatic rings. The monoisotopic (exact) mass is 219 g/mol. The Morgan fingerprint density at radius 1 is 1.50 bits per heavy atom. The minimum Gasteiger partial charge on any atom is -0.469 e. The van der Waals surface area contributed by atoms with E-state index < -0.39 is 0 Å². The van der Waals surface area contributed by atoms with E-state index in [1.165, 1.54) is 0 Å². The molecule has 0 saturated carbocycles. The number of rotatable bonds is 2. The zero-order chi connectivity index (χ0) is 11.0.